The maximum absolute atomic E-state index is 11.5. The highest BCUT2D eigenvalue weighted by Crippen LogP contribution is 2.38. The van der Waals surface area contributed by atoms with Crippen LogP contribution in [-0.2, 0) is 0 Å². The van der Waals surface area contributed by atoms with Gasteiger partial charge in [-0.3, -0.25) is 5.10 Å². The number of piperazine rings is 1. The van der Waals surface area contributed by atoms with Gasteiger partial charge in [0, 0.05) is 37.3 Å². The minimum atomic E-state index is -0.369. The Bertz CT molecular complexity index is 1000. The van der Waals surface area contributed by atoms with Crippen LogP contribution in [0.5, 0.6) is 5.75 Å². The Labute approximate surface area is 150 Å². The SMILES string of the molecule is COc1cc(C)c2nc3n[nH]c(C)c3c(N3CCN(C(N)=O)CC3)c2c1. The van der Waals surface area contributed by atoms with Gasteiger partial charge in [0.2, 0.25) is 0 Å². The first-order valence-corrected chi connectivity index (χ1v) is 8.62. The second kappa shape index (κ2) is 6.05. The zero-order valence-electron chi connectivity index (χ0n) is 15.2. The van der Waals surface area contributed by atoms with Crippen LogP contribution in [-0.4, -0.2) is 59.4 Å². The van der Waals surface area contributed by atoms with Crippen LogP contribution in [0.4, 0.5) is 10.5 Å². The zero-order chi connectivity index (χ0) is 18.4. The van der Waals surface area contributed by atoms with E-state index in [1.807, 2.05) is 26.0 Å². The summed E-state index contributed by atoms with van der Waals surface area (Å²) in [7, 11) is 1.67. The van der Waals surface area contributed by atoms with Gasteiger partial charge in [0.1, 0.15) is 5.75 Å². The fourth-order valence-electron chi connectivity index (χ4n) is 3.69. The van der Waals surface area contributed by atoms with E-state index in [4.69, 9.17) is 15.5 Å². The van der Waals surface area contributed by atoms with Gasteiger partial charge < -0.3 is 20.3 Å². The molecule has 1 saturated heterocycles. The van der Waals surface area contributed by atoms with Gasteiger partial charge >= 0.3 is 6.03 Å². The third kappa shape index (κ3) is 2.49. The average molecular weight is 354 g/mol. The number of H-pyrrole nitrogens is 1. The molecule has 1 aliphatic heterocycles. The monoisotopic (exact) mass is 354 g/mol. The lowest BCUT2D eigenvalue weighted by Gasteiger charge is -2.36. The molecule has 2 amide bonds. The maximum atomic E-state index is 11.5. The number of anilines is 1. The van der Waals surface area contributed by atoms with E-state index in [1.165, 1.54) is 0 Å². The number of rotatable bonds is 2. The number of amides is 2. The number of methoxy groups -OCH3 is 1. The molecular weight excluding hydrogens is 332 g/mol. The molecule has 4 rings (SSSR count). The summed E-state index contributed by atoms with van der Waals surface area (Å²) < 4.78 is 5.48. The van der Waals surface area contributed by atoms with Gasteiger partial charge in [-0.2, -0.15) is 5.10 Å². The van der Waals surface area contributed by atoms with Crippen LogP contribution in [0.25, 0.3) is 21.9 Å². The number of aromatic nitrogens is 3. The van der Waals surface area contributed by atoms with Crippen LogP contribution in [0.2, 0.25) is 0 Å². The Morgan fingerprint density at radius 2 is 1.96 bits per heavy atom. The fourth-order valence-corrected chi connectivity index (χ4v) is 3.69. The number of carbonyl (C=O) groups excluding carboxylic acids is 1. The minimum Gasteiger partial charge on any atom is -0.497 e. The normalized spacial score (nSPS) is 15.0. The second-order valence-electron chi connectivity index (χ2n) is 6.66. The first-order chi connectivity index (χ1) is 12.5. The summed E-state index contributed by atoms with van der Waals surface area (Å²) in [5.74, 6) is 0.800. The second-order valence-corrected chi connectivity index (χ2v) is 6.66. The number of hydrogen-bond donors (Lipinski definition) is 2. The molecule has 26 heavy (non-hydrogen) atoms. The Hall–Kier alpha value is -3.03. The van der Waals surface area contributed by atoms with Crippen LogP contribution in [0.1, 0.15) is 11.3 Å². The molecule has 0 atom stereocenters. The van der Waals surface area contributed by atoms with Crippen molar-refractivity contribution in [2.24, 2.45) is 5.73 Å². The van der Waals surface area contributed by atoms with Gasteiger partial charge in [-0.15, -0.1) is 0 Å². The number of aryl methyl sites for hydroxylation is 2. The van der Waals surface area contributed by atoms with Crippen molar-refractivity contribution >= 4 is 33.7 Å². The van der Waals surface area contributed by atoms with Gasteiger partial charge in [0.15, 0.2) is 5.65 Å². The molecule has 3 aromatic rings. The van der Waals surface area contributed by atoms with Crippen molar-refractivity contribution < 1.29 is 9.53 Å². The van der Waals surface area contributed by atoms with Crippen molar-refractivity contribution in [3.8, 4) is 5.75 Å². The number of aromatic amines is 1. The molecule has 1 aliphatic rings. The lowest BCUT2D eigenvalue weighted by Crippen LogP contribution is -2.50. The number of urea groups is 1. The van der Waals surface area contributed by atoms with Crippen LogP contribution in [0.3, 0.4) is 0 Å². The summed E-state index contributed by atoms with van der Waals surface area (Å²) in [6.07, 6.45) is 0. The van der Waals surface area contributed by atoms with Gasteiger partial charge in [-0.05, 0) is 31.5 Å². The number of benzene rings is 1. The van der Waals surface area contributed by atoms with E-state index in [0.717, 1.165) is 39.0 Å². The molecule has 136 valence electrons. The van der Waals surface area contributed by atoms with E-state index >= 15 is 0 Å². The first-order valence-electron chi connectivity index (χ1n) is 8.62. The van der Waals surface area contributed by atoms with Crippen molar-refractivity contribution in [2.45, 2.75) is 13.8 Å². The smallest absolute Gasteiger partial charge is 0.314 e. The molecule has 2 aromatic heterocycles. The van der Waals surface area contributed by atoms with E-state index in [2.05, 4.69) is 15.1 Å². The molecule has 8 nitrogen and oxygen atoms in total. The van der Waals surface area contributed by atoms with E-state index in [-0.39, 0.29) is 6.03 Å². The highest BCUT2D eigenvalue weighted by Gasteiger charge is 2.25. The highest BCUT2D eigenvalue weighted by atomic mass is 16.5. The van der Waals surface area contributed by atoms with Crippen LogP contribution in [0.15, 0.2) is 12.1 Å². The van der Waals surface area contributed by atoms with Crippen molar-refractivity contribution in [2.75, 3.05) is 38.2 Å². The molecule has 3 N–H and O–H groups in total. The minimum absolute atomic E-state index is 0.369. The number of hydrogen-bond acceptors (Lipinski definition) is 5. The largest absolute Gasteiger partial charge is 0.497 e. The molecule has 8 heteroatoms. The fraction of sp³-hybridized carbons (Fsp3) is 0.389. The Morgan fingerprint density at radius 3 is 2.62 bits per heavy atom. The number of nitrogens with one attached hydrogen (secondary N) is 1. The predicted molar refractivity (Wildman–Crippen MR) is 101 cm³/mol. The molecule has 0 saturated carbocycles. The number of nitrogens with two attached hydrogens (primary N) is 1. The Balaban J connectivity index is 1.93. The number of ether oxygens (including phenoxy) is 1. The molecule has 0 spiro atoms. The third-order valence-electron chi connectivity index (χ3n) is 5.06. The van der Waals surface area contributed by atoms with E-state index in [0.29, 0.717) is 31.8 Å². The molecule has 0 unspecified atom stereocenters. The van der Waals surface area contributed by atoms with Crippen LogP contribution >= 0.6 is 0 Å². The molecule has 0 radical (unpaired) electrons. The number of nitrogens with zero attached hydrogens (tertiary/aromatic N) is 4. The molecule has 0 bridgehead atoms. The molecule has 0 aliphatic carbocycles. The summed E-state index contributed by atoms with van der Waals surface area (Å²) in [4.78, 5) is 20.2. The quantitative estimate of drug-likeness (QED) is 0.732. The van der Waals surface area contributed by atoms with E-state index in [1.54, 1.807) is 12.0 Å². The van der Waals surface area contributed by atoms with Crippen LogP contribution < -0.4 is 15.4 Å². The summed E-state index contributed by atoms with van der Waals surface area (Å²) in [6.45, 7) is 6.63. The number of fused-ring (bicyclic) bond motifs is 2. The van der Waals surface area contributed by atoms with E-state index < -0.39 is 0 Å². The standard InChI is InChI=1S/C18H22N6O2/c1-10-8-12(26-3)9-13-15(10)20-17-14(11(2)21-22-17)16(13)23-4-6-24(7-5-23)18(19)25/h8-9H,4-7H2,1-3H3,(H2,19,25)(H,20,21,22). The Kier molecular flexibility index (Phi) is 3.82. The summed E-state index contributed by atoms with van der Waals surface area (Å²) in [5.41, 5.74) is 10.1. The molecule has 1 fully saturated rings. The predicted octanol–water partition coefficient (Wildman–Crippen LogP) is 1.94. The van der Waals surface area contributed by atoms with Gasteiger partial charge in [-0.25, -0.2) is 9.78 Å². The van der Waals surface area contributed by atoms with Crippen molar-refractivity contribution in [3.63, 3.8) is 0 Å². The lowest BCUT2D eigenvalue weighted by molar-refractivity contribution is 0.204. The zero-order valence-corrected chi connectivity index (χ0v) is 15.2. The summed E-state index contributed by atoms with van der Waals surface area (Å²) in [5, 5.41) is 9.47. The summed E-state index contributed by atoms with van der Waals surface area (Å²) in [6, 6.07) is 3.64. The lowest BCUT2D eigenvalue weighted by atomic mass is 10.0. The van der Waals surface area contributed by atoms with Crippen molar-refractivity contribution in [3.05, 3.63) is 23.4 Å². The maximum Gasteiger partial charge on any atom is 0.314 e. The number of primary amides is 1. The first kappa shape index (κ1) is 16.4. The van der Waals surface area contributed by atoms with Gasteiger partial charge in [0.25, 0.3) is 0 Å². The number of carbonyl (C=O) groups is 1. The van der Waals surface area contributed by atoms with Crippen LogP contribution in [0, 0.1) is 13.8 Å². The molecular formula is C18H22N6O2. The highest BCUT2D eigenvalue weighted by molar-refractivity contribution is 6.09. The molecule has 3 heterocycles. The Morgan fingerprint density at radius 1 is 1.23 bits per heavy atom. The van der Waals surface area contributed by atoms with E-state index in [9.17, 15) is 4.79 Å². The number of pyridine rings is 1. The summed E-state index contributed by atoms with van der Waals surface area (Å²) >= 11 is 0. The molecule has 1 aromatic carbocycles. The average Bonchev–Trinajstić information content (AvgIpc) is 3.01. The van der Waals surface area contributed by atoms with Crippen molar-refractivity contribution in [1.82, 2.24) is 20.1 Å². The van der Waals surface area contributed by atoms with Gasteiger partial charge in [-0.1, -0.05) is 0 Å². The van der Waals surface area contributed by atoms with Gasteiger partial charge in [0.05, 0.1) is 23.7 Å². The topological polar surface area (TPSA) is 100 Å². The third-order valence-corrected chi connectivity index (χ3v) is 5.06. The van der Waals surface area contributed by atoms with Crippen molar-refractivity contribution in [1.29, 1.82) is 0 Å².